The second-order valence-electron chi connectivity index (χ2n) is 4.93. The molecule has 0 aromatic rings. The molecule has 1 heterocycles. The van der Waals surface area contributed by atoms with Gasteiger partial charge in [-0.25, -0.2) is 0 Å². The number of carbonyl (C=O) groups excluding carboxylic acids is 2. The SMILES string of the molecule is CCC(C)N1C(=O)CC(C)(C)CC1=O. The maximum atomic E-state index is 11.7. The first-order chi connectivity index (χ1) is 6.37. The number of hydrogen-bond acceptors (Lipinski definition) is 2. The number of carbonyl (C=O) groups is 2. The molecule has 1 fully saturated rings. The molecule has 14 heavy (non-hydrogen) atoms. The zero-order valence-electron chi connectivity index (χ0n) is 9.46. The van der Waals surface area contributed by atoms with Gasteiger partial charge in [-0.3, -0.25) is 14.5 Å². The molecule has 0 saturated carbocycles. The largest absolute Gasteiger partial charge is 0.280 e. The standard InChI is InChI=1S/C11H19NO2/c1-5-8(2)12-9(13)6-11(3,4)7-10(12)14/h8H,5-7H2,1-4H3. The first-order valence-electron chi connectivity index (χ1n) is 5.22. The Morgan fingerprint density at radius 2 is 1.71 bits per heavy atom. The number of amides is 2. The topological polar surface area (TPSA) is 37.4 Å². The molecule has 0 aliphatic carbocycles. The minimum Gasteiger partial charge on any atom is -0.280 e. The summed E-state index contributed by atoms with van der Waals surface area (Å²) in [5.41, 5.74) is -0.155. The lowest BCUT2D eigenvalue weighted by Gasteiger charge is -2.37. The molecule has 3 heteroatoms. The quantitative estimate of drug-likeness (QED) is 0.634. The average molecular weight is 197 g/mol. The van der Waals surface area contributed by atoms with Crippen molar-refractivity contribution in [2.45, 2.75) is 53.0 Å². The monoisotopic (exact) mass is 197 g/mol. The number of imide groups is 1. The number of rotatable bonds is 2. The fraction of sp³-hybridized carbons (Fsp3) is 0.818. The number of hydrogen-bond donors (Lipinski definition) is 0. The Morgan fingerprint density at radius 1 is 1.29 bits per heavy atom. The third kappa shape index (κ3) is 2.14. The van der Waals surface area contributed by atoms with Crippen molar-refractivity contribution in [1.82, 2.24) is 4.90 Å². The molecule has 1 saturated heterocycles. The summed E-state index contributed by atoms with van der Waals surface area (Å²) in [6.45, 7) is 7.85. The van der Waals surface area contributed by atoms with E-state index in [0.29, 0.717) is 12.8 Å². The van der Waals surface area contributed by atoms with Crippen LogP contribution in [-0.4, -0.2) is 22.8 Å². The van der Waals surface area contributed by atoms with E-state index in [0.717, 1.165) is 6.42 Å². The highest BCUT2D eigenvalue weighted by molar-refractivity contribution is 5.98. The molecule has 0 spiro atoms. The van der Waals surface area contributed by atoms with Crippen molar-refractivity contribution in [3.63, 3.8) is 0 Å². The second kappa shape index (κ2) is 3.71. The van der Waals surface area contributed by atoms with Crippen LogP contribution in [0.4, 0.5) is 0 Å². The van der Waals surface area contributed by atoms with Gasteiger partial charge in [0.2, 0.25) is 11.8 Å². The highest BCUT2D eigenvalue weighted by Gasteiger charge is 2.38. The fourth-order valence-corrected chi connectivity index (χ4v) is 1.86. The summed E-state index contributed by atoms with van der Waals surface area (Å²) >= 11 is 0. The van der Waals surface area contributed by atoms with Crippen molar-refractivity contribution in [2.75, 3.05) is 0 Å². The van der Waals surface area contributed by atoms with Gasteiger partial charge in [0.25, 0.3) is 0 Å². The van der Waals surface area contributed by atoms with E-state index < -0.39 is 0 Å². The lowest BCUT2D eigenvalue weighted by Crippen LogP contribution is -2.50. The Kier molecular flexibility index (Phi) is 2.98. The Morgan fingerprint density at radius 3 is 2.07 bits per heavy atom. The van der Waals surface area contributed by atoms with Gasteiger partial charge in [-0.2, -0.15) is 0 Å². The van der Waals surface area contributed by atoms with E-state index in [1.54, 1.807) is 0 Å². The molecular formula is C11H19NO2. The van der Waals surface area contributed by atoms with E-state index in [4.69, 9.17) is 0 Å². The molecule has 1 unspecified atom stereocenters. The molecule has 2 amide bonds. The fourth-order valence-electron chi connectivity index (χ4n) is 1.86. The van der Waals surface area contributed by atoms with E-state index in [2.05, 4.69) is 0 Å². The van der Waals surface area contributed by atoms with Gasteiger partial charge in [0, 0.05) is 18.9 Å². The molecule has 0 N–H and O–H groups in total. The van der Waals surface area contributed by atoms with Crippen LogP contribution < -0.4 is 0 Å². The maximum Gasteiger partial charge on any atom is 0.229 e. The normalized spacial score (nSPS) is 23.9. The summed E-state index contributed by atoms with van der Waals surface area (Å²) in [7, 11) is 0. The van der Waals surface area contributed by atoms with Crippen LogP contribution >= 0.6 is 0 Å². The first-order valence-corrected chi connectivity index (χ1v) is 5.22. The van der Waals surface area contributed by atoms with E-state index in [-0.39, 0.29) is 23.3 Å². The van der Waals surface area contributed by atoms with Crippen molar-refractivity contribution in [1.29, 1.82) is 0 Å². The van der Waals surface area contributed by atoms with Crippen molar-refractivity contribution < 1.29 is 9.59 Å². The molecule has 0 radical (unpaired) electrons. The molecule has 1 aliphatic heterocycles. The predicted octanol–water partition coefficient (Wildman–Crippen LogP) is 1.96. The van der Waals surface area contributed by atoms with E-state index in [1.165, 1.54) is 4.90 Å². The lowest BCUT2D eigenvalue weighted by atomic mass is 9.81. The number of nitrogens with zero attached hydrogens (tertiary/aromatic N) is 1. The van der Waals surface area contributed by atoms with E-state index >= 15 is 0 Å². The minimum atomic E-state index is -0.155. The highest BCUT2D eigenvalue weighted by atomic mass is 16.2. The smallest absolute Gasteiger partial charge is 0.229 e. The molecule has 3 nitrogen and oxygen atoms in total. The number of piperidine rings is 1. The van der Waals surface area contributed by atoms with Gasteiger partial charge in [-0.05, 0) is 18.8 Å². The molecule has 80 valence electrons. The van der Waals surface area contributed by atoms with Gasteiger partial charge in [0.1, 0.15) is 0 Å². The van der Waals surface area contributed by atoms with Crippen LogP contribution in [0.1, 0.15) is 47.0 Å². The van der Waals surface area contributed by atoms with Gasteiger partial charge in [0.15, 0.2) is 0 Å². The zero-order chi connectivity index (χ0) is 10.9. The third-order valence-corrected chi connectivity index (χ3v) is 2.83. The molecule has 0 bridgehead atoms. The Hall–Kier alpha value is -0.860. The number of likely N-dealkylation sites (tertiary alicyclic amines) is 1. The van der Waals surface area contributed by atoms with Crippen molar-refractivity contribution in [2.24, 2.45) is 5.41 Å². The molecule has 1 aliphatic rings. The lowest BCUT2D eigenvalue weighted by molar-refractivity contribution is -0.155. The summed E-state index contributed by atoms with van der Waals surface area (Å²) in [4.78, 5) is 24.9. The van der Waals surface area contributed by atoms with Gasteiger partial charge in [-0.15, -0.1) is 0 Å². The first kappa shape index (κ1) is 11.2. The van der Waals surface area contributed by atoms with Crippen LogP contribution in [-0.2, 0) is 9.59 Å². The Bertz CT molecular complexity index is 238. The molecule has 0 aromatic heterocycles. The average Bonchev–Trinajstić information content (AvgIpc) is 1.99. The van der Waals surface area contributed by atoms with Gasteiger partial charge >= 0.3 is 0 Å². The van der Waals surface area contributed by atoms with Crippen LogP contribution in [0.25, 0.3) is 0 Å². The van der Waals surface area contributed by atoms with Crippen molar-refractivity contribution >= 4 is 11.8 Å². The third-order valence-electron chi connectivity index (χ3n) is 2.83. The Balaban J connectivity index is 2.81. The second-order valence-corrected chi connectivity index (χ2v) is 4.93. The van der Waals surface area contributed by atoms with Crippen LogP contribution in [0.5, 0.6) is 0 Å². The molecule has 1 rings (SSSR count). The molecular weight excluding hydrogens is 178 g/mol. The predicted molar refractivity (Wildman–Crippen MR) is 54.6 cm³/mol. The van der Waals surface area contributed by atoms with E-state index in [9.17, 15) is 9.59 Å². The summed E-state index contributed by atoms with van der Waals surface area (Å²) < 4.78 is 0. The summed E-state index contributed by atoms with van der Waals surface area (Å²) in [5, 5.41) is 0. The van der Waals surface area contributed by atoms with Crippen LogP contribution in [0.3, 0.4) is 0 Å². The van der Waals surface area contributed by atoms with Crippen molar-refractivity contribution in [3.05, 3.63) is 0 Å². The summed E-state index contributed by atoms with van der Waals surface area (Å²) in [5.74, 6) is -0.0267. The van der Waals surface area contributed by atoms with Crippen LogP contribution in [0.15, 0.2) is 0 Å². The summed E-state index contributed by atoms with van der Waals surface area (Å²) in [6, 6.07) is 0.0473. The highest BCUT2D eigenvalue weighted by Crippen LogP contribution is 2.32. The Labute approximate surface area is 85.5 Å². The van der Waals surface area contributed by atoms with Gasteiger partial charge in [0.05, 0.1) is 0 Å². The van der Waals surface area contributed by atoms with Crippen LogP contribution in [0.2, 0.25) is 0 Å². The zero-order valence-corrected chi connectivity index (χ0v) is 9.46. The maximum absolute atomic E-state index is 11.7. The summed E-state index contributed by atoms with van der Waals surface area (Å²) in [6.07, 6.45) is 1.81. The van der Waals surface area contributed by atoms with E-state index in [1.807, 2.05) is 27.7 Å². The van der Waals surface area contributed by atoms with Gasteiger partial charge < -0.3 is 0 Å². The van der Waals surface area contributed by atoms with Gasteiger partial charge in [-0.1, -0.05) is 20.8 Å². The molecule has 0 aromatic carbocycles. The molecule has 1 atom stereocenters. The van der Waals surface area contributed by atoms with Crippen molar-refractivity contribution in [3.8, 4) is 0 Å². The minimum absolute atomic E-state index is 0.0133. The van der Waals surface area contributed by atoms with Crippen LogP contribution in [0, 0.1) is 5.41 Å².